The molecule has 0 N–H and O–H groups in total. The van der Waals surface area contributed by atoms with Crippen LogP contribution in [0.3, 0.4) is 0 Å². The van der Waals surface area contributed by atoms with Gasteiger partial charge in [0.25, 0.3) is 0 Å². The molecule has 3 aromatic carbocycles. The molecule has 7 nitrogen and oxygen atoms in total. The Balaban J connectivity index is 1.78. The summed E-state index contributed by atoms with van der Waals surface area (Å²) in [6.45, 7) is 3.63. The van der Waals surface area contributed by atoms with Crippen molar-refractivity contribution in [1.29, 1.82) is 0 Å². The van der Waals surface area contributed by atoms with E-state index >= 15 is 0 Å². The molecule has 0 aliphatic carbocycles. The van der Waals surface area contributed by atoms with Crippen molar-refractivity contribution >= 4 is 38.9 Å². The van der Waals surface area contributed by atoms with Crippen LogP contribution in [0.15, 0.2) is 51.7 Å². The molecule has 7 heteroatoms. The van der Waals surface area contributed by atoms with E-state index in [4.69, 9.17) is 23.4 Å². The van der Waals surface area contributed by atoms with Crippen molar-refractivity contribution in [3.8, 4) is 11.5 Å². The predicted octanol–water partition coefficient (Wildman–Crippen LogP) is 4.86. The van der Waals surface area contributed by atoms with Gasteiger partial charge in [0.1, 0.15) is 28.1 Å². The molecule has 4 aromatic rings. The minimum Gasteiger partial charge on any atom is -0.496 e. The van der Waals surface area contributed by atoms with Gasteiger partial charge in [-0.3, -0.25) is 4.79 Å². The third kappa shape index (κ3) is 2.34. The highest BCUT2D eigenvalue weighted by Crippen LogP contribution is 2.51. The first-order chi connectivity index (χ1) is 14.9. The fourth-order valence-corrected chi connectivity index (χ4v) is 4.69. The van der Waals surface area contributed by atoms with Crippen molar-refractivity contribution in [2.75, 3.05) is 7.11 Å². The standard InChI is InChI=1S/C24H18O7/c1-24(2)22-21(29-23(26)30-22)18-15(31-24)10-14(27-3)17-19(25)16-12-7-5-4-6-11(12)8-9-13(16)28-20(17)18/h4-10,21-22H,1-3H3/t21-,22-/m1/s1. The topological polar surface area (TPSA) is 84.2 Å². The van der Waals surface area contributed by atoms with Crippen molar-refractivity contribution in [1.82, 2.24) is 0 Å². The Morgan fingerprint density at radius 2 is 1.81 bits per heavy atom. The molecule has 1 fully saturated rings. The summed E-state index contributed by atoms with van der Waals surface area (Å²) in [6.07, 6.45) is -2.22. The quantitative estimate of drug-likeness (QED) is 0.248. The lowest BCUT2D eigenvalue weighted by molar-refractivity contribution is -0.0501. The zero-order valence-corrected chi connectivity index (χ0v) is 17.1. The number of hydrogen-bond acceptors (Lipinski definition) is 7. The number of ether oxygens (including phenoxy) is 4. The van der Waals surface area contributed by atoms with Gasteiger partial charge >= 0.3 is 6.16 Å². The van der Waals surface area contributed by atoms with E-state index in [1.54, 1.807) is 12.1 Å². The molecule has 2 aliphatic heterocycles. The number of carbonyl (C=O) groups is 1. The molecule has 0 bridgehead atoms. The SMILES string of the molecule is COc1cc2c(c3oc4ccc5ccccc5c4c(=O)c13)[C@H]1OC(=O)O[C@H]1C(C)(C)O2. The normalized spacial score (nSPS) is 21.3. The third-order valence-corrected chi connectivity index (χ3v) is 6.09. The molecule has 2 aliphatic rings. The maximum Gasteiger partial charge on any atom is 0.509 e. The Morgan fingerprint density at radius 3 is 2.61 bits per heavy atom. The minimum atomic E-state index is -0.837. The number of benzene rings is 3. The van der Waals surface area contributed by atoms with E-state index in [0.29, 0.717) is 28.0 Å². The molecule has 0 saturated carbocycles. The Morgan fingerprint density at radius 1 is 1.00 bits per heavy atom. The Hall–Kier alpha value is -3.74. The van der Waals surface area contributed by atoms with Gasteiger partial charge in [-0.25, -0.2) is 4.79 Å². The second-order valence-corrected chi connectivity index (χ2v) is 8.32. The highest BCUT2D eigenvalue weighted by atomic mass is 16.8. The summed E-state index contributed by atoms with van der Waals surface area (Å²) in [6, 6.07) is 13.0. The molecule has 1 saturated heterocycles. The van der Waals surface area contributed by atoms with Crippen molar-refractivity contribution < 1.29 is 28.2 Å². The smallest absolute Gasteiger partial charge is 0.496 e. The van der Waals surface area contributed by atoms with Gasteiger partial charge < -0.3 is 23.4 Å². The van der Waals surface area contributed by atoms with Crippen LogP contribution in [0.2, 0.25) is 0 Å². The fraction of sp³-hybridized carbons (Fsp3) is 0.250. The first-order valence-corrected chi connectivity index (χ1v) is 9.94. The van der Waals surface area contributed by atoms with Crippen LogP contribution in [0.1, 0.15) is 25.5 Å². The van der Waals surface area contributed by atoms with Crippen molar-refractivity contribution in [2.24, 2.45) is 0 Å². The first-order valence-electron chi connectivity index (χ1n) is 9.94. The number of carbonyl (C=O) groups excluding carboxylic acids is 1. The average Bonchev–Trinajstić information content (AvgIpc) is 3.15. The highest BCUT2D eigenvalue weighted by molar-refractivity contribution is 6.09. The molecule has 0 radical (unpaired) electrons. The Kier molecular flexibility index (Phi) is 3.44. The van der Waals surface area contributed by atoms with Crippen LogP contribution in [0.25, 0.3) is 32.7 Å². The van der Waals surface area contributed by atoms with E-state index in [-0.39, 0.29) is 16.4 Å². The second kappa shape index (κ2) is 5.91. The summed E-state index contributed by atoms with van der Waals surface area (Å²) < 4.78 is 28.9. The third-order valence-electron chi connectivity index (χ3n) is 6.09. The molecular weight excluding hydrogens is 400 g/mol. The van der Waals surface area contributed by atoms with Gasteiger partial charge in [0, 0.05) is 6.07 Å². The van der Waals surface area contributed by atoms with Gasteiger partial charge in [-0.05, 0) is 30.7 Å². The summed E-state index contributed by atoms with van der Waals surface area (Å²) in [5, 5.41) is 2.47. The van der Waals surface area contributed by atoms with Crippen molar-refractivity contribution in [2.45, 2.75) is 31.7 Å². The van der Waals surface area contributed by atoms with Gasteiger partial charge in [0.05, 0.1) is 18.1 Å². The van der Waals surface area contributed by atoms with E-state index < -0.39 is 24.0 Å². The fourth-order valence-electron chi connectivity index (χ4n) is 4.69. The van der Waals surface area contributed by atoms with Crippen LogP contribution in [0.4, 0.5) is 4.79 Å². The summed E-state index contributed by atoms with van der Waals surface area (Å²) in [5.74, 6) is 0.758. The molecule has 31 heavy (non-hydrogen) atoms. The molecule has 156 valence electrons. The highest BCUT2D eigenvalue weighted by Gasteiger charge is 2.54. The number of hydrogen-bond donors (Lipinski definition) is 0. The van der Waals surface area contributed by atoms with Gasteiger partial charge in [0.15, 0.2) is 17.8 Å². The lowest BCUT2D eigenvalue weighted by Gasteiger charge is -2.38. The van der Waals surface area contributed by atoms with Gasteiger partial charge in [-0.1, -0.05) is 30.3 Å². The Bertz CT molecular complexity index is 1480. The zero-order valence-electron chi connectivity index (χ0n) is 17.1. The lowest BCUT2D eigenvalue weighted by Crippen LogP contribution is -2.47. The average molecular weight is 418 g/mol. The van der Waals surface area contributed by atoms with Crippen LogP contribution in [0.5, 0.6) is 11.5 Å². The van der Waals surface area contributed by atoms with Crippen molar-refractivity contribution in [3.05, 3.63) is 58.3 Å². The summed E-state index contributed by atoms with van der Waals surface area (Å²) >= 11 is 0. The maximum absolute atomic E-state index is 13.7. The van der Waals surface area contributed by atoms with Gasteiger partial charge in [-0.15, -0.1) is 0 Å². The molecule has 0 spiro atoms. The minimum absolute atomic E-state index is 0.223. The molecule has 3 heterocycles. The number of rotatable bonds is 1. The summed E-state index contributed by atoms with van der Waals surface area (Å²) in [5.41, 5.74) is 0.109. The zero-order chi connectivity index (χ0) is 21.5. The summed E-state index contributed by atoms with van der Waals surface area (Å²) in [4.78, 5) is 25.7. The van der Waals surface area contributed by atoms with Crippen molar-refractivity contribution in [3.63, 3.8) is 0 Å². The molecule has 0 amide bonds. The molecule has 1 aromatic heterocycles. The molecule has 2 atom stereocenters. The second-order valence-electron chi connectivity index (χ2n) is 8.32. The molecule has 6 rings (SSSR count). The monoisotopic (exact) mass is 418 g/mol. The lowest BCUT2D eigenvalue weighted by atomic mass is 9.87. The van der Waals surface area contributed by atoms with Gasteiger partial charge in [-0.2, -0.15) is 0 Å². The predicted molar refractivity (Wildman–Crippen MR) is 113 cm³/mol. The van der Waals surface area contributed by atoms with Crippen LogP contribution in [0, 0.1) is 0 Å². The largest absolute Gasteiger partial charge is 0.509 e. The van der Waals surface area contributed by atoms with E-state index in [2.05, 4.69) is 0 Å². The van der Waals surface area contributed by atoms with Crippen LogP contribution < -0.4 is 14.9 Å². The molecular formula is C24H18O7. The van der Waals surface area contributed by atoms with Crippen LogP contribution in [-0.2, 0) is 9.47 Å². The van der Waals surface area contributed by atoms with Crippen LogP contribution >= 0.6 is 0 Å². The van der Waals surface area contributed by atoms with E-state index in [0.717, 1.165) is 10.8 Å². The van der Waals surface area contributed by atoms with E-state index in [1.165, 1.54) is 7.11 Å². The Labute approximate surface area is 176 Å². The number of fused-ring (bicyclic) bond motifs is 8. The molecule has 0 unspecified atom stereocenters. The van der Waals surface area contributed by atoms with E-state index in [1.807, 2.05) is 44.2 Å². The first kappa shape index (κ1) is 18.1. The van der Waals surface area contributed by atoms with Gasteiger partial charge in [0.2, 0.25) is 5.43 Å². The maximum atomic E-state index is 13.7. The van der Waals surface area contributed by atoms with E-state index in [9.17, 15) is 9.59 Å². The number of methoxy groups -OCH3 is 1. The summed E-state index contributed by atoms with van der Waals surface area (Å²) in [7, 11) is 1.49. The van der Waals surface area contributed by atoms with Crippen LogP contribution in [-0.4, -0.2) is 25.0 Å².